The molecular weight excluding hydrogens is 322 g/mol. The van der Waals surface area contributed by atoms with Crippen molar-refractivity contribution in [2.24, 2.45) is 0 Å². The number of carbonyl (C=O) groups excluding carboxylic acids is 1. The van der Waals surface area contributed by atoms with Crippen LogP contribution in [0.3, 0.4) is 0 Å². The molecule has 0 aliphatic rings. The quantitative estimate of drug-likeness (QED) is 0.775. The molecule has 1 aromatic carbocycles. The standard InChI is InChI=1S/C17H15N5OS/c1-12-4-6-13(7-5-12)17(14-3-2-8-24-14)20-16(23)10-22-11-19-15(9-18)21-22/h2-8,11,17H,10H2,1H3,(H,20,23)/t17-/m0/s1. The normalized spacial score (nSPS) is 11.7. The summed E-state index contributed by atoms with van der Waals surface area (Å²) in [6.45, 7) is 2.04. The Hall–Kier alpha value is -2.98. The van der Waals surface area contributed by atoms with Crippen LogP contribution in [0.15, 0.2) is 48.1 Å². The average molecular weight is 337 g/mol. The first kappa shape index (κ1) is 15.9. The lowest BCUT2D eigenvalue weighted by molar-refractivity contribution is -0.122. The van der Waals surface area contributed by atoms with Crippen molar-refractivity contribution in [3.63, 3.8) is 0 Å². The van der Waals surface area contributed by atoms with Crippen LogP contribution in [0.25, 0.3) is 0 Å². The second-order valence-electron chi connectivity index (χ2n) is 5.30. The highest BCUT2D eigenvalue weighted by Gasteiger charge is 2.18. The predicted octanol–water partition coefficient (Wildman–Crippen LogP) is 2.43. The lowest BCUT2D eigenvalue weighted by atomic mass is 10.0. The van der Waals surface area contributed by atoms with E-state index in [1.54, 1.807) is 11.3 Å². The smallest absolute Gasteiger partial charge is 0.252 e. The first-order valence-electron chi connectivity index (χ1n) is 7.34. The molecule has 3 aromatic rings. The topological polar surface area (TPSA) is 83.6 Å². The van der Waals surface area contributed by atoms with E-state index in [9.17, 15) is 4.79 Å². The summed E-state index contributed by atoms with van der Waals surface area (Å²) in [5.74, 6) is -0.139. The molecule has 0 aliphatic heterocycles. The number of aryl methyl sites for hydroxylation is 1. The largest absolute Gasteiger partial charge is 0.343 e. The monoisotopic (exact) mass is 337 g/mol. The van der Waals surface area contributed by atoms with E-state index in [0.29, 0.717) is 0 Å². The van der Waals surface area contributed by atoms with Crippen LogP contribution >= 0.6 is 11.3 Å². The number of hydrogen-bond acceptors (Lipinski definition) is 5. The number of nitrogens with zero attached hydrogens (tertiary/aromatic N) is 4. The lowest BCUT2D eigenvalue weighted by Gasteiger charge is -2.18. The molecule has 6 nitrogen and oxygen atoms in total. The minimum atomic E-state index is -0.211. The van der Waals surface area contributed by atoms with Gasteiger partial charge in [0.15, 0.2) is 0 Å². The van der Waals surface area contributed by atoms with E-state index >= 15 is 0 Å². The van der Waals surface area contributed by atoms with Crippen molar-refractivity contribution in [3.05, 3.63) is 69.9 Å². The molecule has 3 rings (SSSR count). The summed E-state index contributed by atoms with van der Waals surface area (Å²) in [7, 11) is 0. The number of amides is 1. The first-order valence-corrected chi connectivity index (χ1v) is 8.22. The Morgan fingerprint density at radius 2 is 2.17 bits per heavy atom. The Bertz CT molecular complexity index is 861. The Morgan fingerprint density at radius 1 is 1.38 bits per heavy atom. The number of rotatable bonds is 5. The number of nitrogens with one attached hydrogen (secondary N) is 1. The Labute approximate surface area is 143 Å². The summed E-state index contributed by atoms with van der Waals surface area (Å²) < 4.78 is 1.36. The molecule has 0 saturated carbocycles. The Morgan fingerprint density at radius 3 is 2.79 bits per heavy atom. The maximum Gasteiger partial charge on any atom is 0.252 e. The highest BCUT2D eigenvalue weighted by molar-refractivity contribution is 7.10. The molecule has 7 heteroatoms. The molecule has 1 atom stereocenters. The maximum atomic E-state index is 12.4. The molecule has 0 radical (unpaired) electrons. The molecule has 120 valence electrons. The summed E-state index contributed by atoms with van der Waals surface area (Å²) in [4.78, 5) is 17.2. The highest BCUT2D eigenvalue weighted by Crippen LogP contribution is 2.26. The van der Waals surface area contributed by atoms with Gasteiger partial charge in [0.2, 0.25) is 5.91 Å². The fourth-order valence-corrected chi connectivity index (χ4v) is 3.11. The average Bonchev–Trinajstić information content (AvgIpc) is 3.25. The zero-order valence-corrected chi connectivity index (χ0v) is 13.8. The van der Waals surface area contributed by atoms with Gasteiger partial charge >= 0.3 is 0 Å². The van der Waals surface area contributed by atoms with Crippen LogP contribution in [0.4, 0.5) is 0 Å². The van der Waals surface area contributed by atoms with Gasteiger partial charge in [0.1, 0.15) is 18.9 Å². The third kappa shape index (κ3) is 3.67. The zero-order valence-electron chi connectivity index (χ0n) is 13.0. The number of thiophene rings is 1. The van der Waals surface area contributed by atoms with Crippen molar-refractivity contribution in [1.29, 1.82) is 5.26 Å². The molecule has 0 aliphatic carbocycles. The molecule has 0 fully saturated rings. The third-order valence-corrected chi connectivity index (χ3v) is 4.42. The number of carbonyl (C=O) groups is 1. The van der Waals surface area contributed by atoms with Crippen LogP contribution in [0.1, 0.15) is 27.9 Å². The second kappa shape index (κ2) is 7.06. The van der Waals surface area contributed by atoms with E-state index in [4.69, 9.17) is 5.26 Å². The van der Waals surface area contributed by atoms with Crippen LogP contribution in [-0.2, 0) is 11.3 Å². The highest BCUT2D eigenvalue weighted by atomic mass is 32.1. The number of nitriles is 1. The zero-order chi connectivity index (χ0) is 16.9. The fraction of sp³-hybridized carbons (Fsp3) is 0.176. The summed E-state index contributed by atoms with van der Waals surface area (Å²) >= 11 is 1.59. The summed E-state index contributed by atoms with van der Waals surface area (Å²) in [5.41, 5.74) is 2.19. The lowest BCUT2D eigenvalue weighted by Crippen LogP contribution is -2.32. The summed E-state index contributed by atoms with van der Waals surface area (Å²) in [6, 6.07) is 13.7. The van der Waals surface area contributed by atoms with Gasteiger partial charge < -0.3 is 5.32 Å². The van der Waals surface area contributed by atoms with E-state index in [0.717, 1.165) is 10.4 Å². The molecule has 0 spiro atoms. The number of aromatic nitrogens is 3. The van der Waals surface area contributed by atoms with Crippen molar-refractivity contribution in [2.75, 3.05) is 0 Å². The minimum Gasteiger partial charge on any atom is -0.343 e. The second-order valence-corrected chi connectivity index (χ2v) is 6.28. The first-order chi connectivity index (χ1) is 11.7. The van der Waals surface area contributed by atoms with Gasteiger partial charge in [0.05, 0.1) is 6.04 Å². The molecule has 24 heavy (non-hydrogen) atoms. The summed E-state index contributed by atoms with van der Waals surface area (Å²) in [6.07, 6.45) is 1.38. The molecular formula is C17H15N5OS. The van der Waals surface area contributed by atoms with Crippen molar-refractivity contribution < 1.29 is 4.79 Å². The van der Waals surface area contributed by atoms with Gasteiger partial charge in [0.25, 0.3) is 5.82 Å². The molecule has 1 N–H and O–H groups in total. The molecule has 1 amide bonds. The van der Waals surface area contributed by atoms with E-state index in [2.05, 4.69) is 15.4 Å². The molecule has 0 unspecified atom stereocenters. The van der Waals surface area contributed by atoms with Crippen molar-refractivity contribution in [1.82, 2.24) is 20.1 Å². The van der Waals surface area contributed by atoms with Gasteiger partial charge in [-0.05, 0) is 23.9 Å². The third-order valence-electron chi connectivity index (χ3n) is 3.49. The van der Waals surface area contributed by atoms with E-state index in [-0.39, 0.29) is 24.3 Å². The van der Waals surface area contributed by atoms with Crippen molar-refractivity contribution in [3.8, 4) is 6.07 Å². The van der Waals surface area contributed by atoms with Gasteiger partial charge in [-0.2, -0.15) is 5.26 Å². The van der Waals surface area contributed by atoms with Crippen LogP contribution in [-0.4, -0.2) is 20.7 Å². The van der Waals surface area contributed by atoms with Crippen LogP contribution in [0, 0.1) is 18.3 Å². The molecule has 0 bridgehead atoms. The van der Waals surface area contributed by atoms with Crippen molar-refractivity contribution >= 4 is 17.2 Å². The van der Waals surface area contributed by atoms with E-state index in [1.807, 2.05) is 54.8 Å². The van der Waals surface area contributed by atoms with E-state index in [1.165, 1.54) is 16.6 Å². The predicted molar refractivity (Wildman–Crippen MR) is 90.2 cm³/mol. The fourth-order valence-electron chi connectivity index (χ4n) is 2.31. The minimum absolute atomic E-state index is 0.0163. The van der Waals surface area contributed by atoms with Crippen molar-refractivity contribution in [2.45, 2.75) is 19.5 Å². The van der Waals surface area contributed by atoms with Gasteiger partial charge in [-0.3, -0.25) is 4.79 Å². The number of benzene rings is 1. The SMILES string of the molecule is Cc1ccc([C@H](NC(=O)Cn2cnc(C#N)n2)c2cccs2)cc1. The van der Waals surface area contributed by atoms with Crippen LogP contribution in [0.5, 0.6) is 0 Å². The number of hydrogen-bond donors (Lipinski definition) is 1. The molecule has 0 saturated heterocycles. The Balaban J connectivity index is 1.78. The van der Waals surface area contributed by atoms with Crippen LogP contribution < -0.4 is 5.32 Å². The van der Waals surface area contributed by atoms with Crippen LogP contribution in [0.2, 0.25) is 0 Å². The van der Waals surface area contributed by atoms with Gasteiger partial charge in [-0.1, -0.05) is 35.9 Å². The maximum absolute atomic E-state index is 12.4. The van der Waals surface area contributed by atoms with E-state index < -0.39 is 0 Å². The van der Waals surface area contributed by atoms with Gasteiger partial charge in [-0.25, -0.2) is 9.67 Å². The molecule has 2 aromatic heterocycles. The van der Waals surface area contributed by atoms with Gasteiger partial charge in [0, 0.05) is 4.88 Å². The molecule has 2 heterocycles. The summed E-state index contributed by atoms with van der Waals surface area (Å²) in [5, 5.41) is 17.7. The Kier molecular flexibility index (Phi) is 4.68. The van der Waals surface area contributed by atoms with Gasteiger partial charge in [-0.15, -0.1) is 16.4 Å².